The molecule has 0 bridgehead atoms. The number of carboxylic acid groups (broad SMARTS) is 1. The molecule has 0 aromatic heterocycles. The number of rotatable bonds is 4. The fourth-order valence-corrected chi connectivity index (χ4v) is 1.81. The molecule has 0 saturated carbocycles. The second-order valence-corrected chi connectivity index (χ2v) is 4.71. The second-order valence-electron chi connectivity index (χ2n) is 4.71. The molecule has 112 valence electrons. The molecule has 0 atom stereocenters. The van der Waals surface area contributed by atoms with Gasteiger partial charge in [0.15, 0.2) is 0 Å². The fourth-order valence-electron chi connectivity index (χ4n) is 1.81. The SMILES string of the molecule is Cc1ccc(C(=O)O)cc1NC(=O)/C=C/c1ccc(F)cc1. The number of carbonyl (C=O) groups is 2. The summed E-state index contributed by atoms with van der Waals surface area (Å²) in [5, 5.41) is 11.6. The number of anilines is 1. The number of halogens is 1. The molecule has 0 heterocycles. The molecular formula is C17H14FNO3. The maximum atomic E-state index is 12.8. The van der Waals surface area contributed by atoms with E-state index in [-0.39, 0.29) is 11.4 Å². The third-order valence-electron chi connectivity index (χ3n) is 3.04. The summed E-state index contributed by atoms with van der Waals surface area (Å²) in [5.41, 5.74) is 1.98. The molecule has 0 aliphatic heterocycles. The van der Waals surface area contributed by atoms with E-state index in [1.165, 1.54) is 30.3 Å². The Morgan fingerprint density at radius 3 is 2.45 bits per heavy atom. The van der Waals surface area contributed by atoms with Crippen molar-refractivity contribution >= 4 is 23.6 Å². The first-order valence-corrected chi connectivity index (χ1v) is 6.54. The summed E-state index contributed by atoms with van der Waals surface area (Å²) in [5.74, 6) is -1.80. The Kier molecular flexibility index (Phi) is 4.68. The number of carbonyl (C=O) groups excluding carboxylic acids is 1. The number of amides is 1. The zero-order valence-corrected chi connectivity index (χ0v) is 11.8. The average molecular weight is 299 g/mol. The molecule has 0 aliphatic rings. The Morgan fingerprint density at radius 2 is 1.82 bits per heavy atom. The van der Waals surface area contributed by atoms with Gasteiger partial charge in [-0.25, -0.2) is 9.18 Å². The zero-order valence-electron chi connectivity index (χ0n) is 11.8. The molecule has 4 nitrogen and oxygen atoms in total. The van der Waals surface area contributed by atoms with Crippen LogP contribution in [-0.4, -0.2) is 17.0 Å². The first kappa shape index (κ1) is 15.4. The molecule has 0 fully saturated rings. The van der Waals surface area contributed by atoms with Gasteiger partial charge in [-0.05, 0) is 48.4 Å². The van der Waals surface area contributed by atoms with E-state index >= 15 is 0 Å². The van der Waals surface area contributed by atoms with Crippen LogP contribution in [0.25, 0.3) is 6.08 Å². The fraction of sp³-hybridized carbons (Fsp3) is 0.0588. The number of hydrogen-bond acceptors (Lipinski definition) is 2. The predicted molar refractivity (Wildman–Crippen MR) is 82.2 cm³/mol. The lowest BCUT2D eigenvalue weighted by Gasteiger charge is -2.07. The van der Waals surface area contributed by atoms with E-state index in [0.717, 1.165) is 5.56 Å². The summed E-state index contributed by atoms with van der Waals surface area (Å²) >= 11 is 0. The van der Waals surface area contributed by atoms with Crippen molar-refractivity contribution in [3.8, 4) is 0 Å². The number of hydrogen-bond donors (Lipinski definition) is 2. The van der Waals surface area contributed by atoms with Crippen LogP contribution in [0.4, 0.5) is 10.1 Å². The van der Waals surface area contributed by atoms with Crippen LogP contribution in [0.1, 0.15) is 21.5 Å². The van der Waals surface area contributed by atoms with E-state index in [9.17, 15) is 14.0 Å². The Balaban J connectivity index is 2.10. The van der Waals surface area contributed by atoms with Crippen LogP contribution < -0.4 is 5.32 Å². The van der Waals surface area contributed by atoms with Gasteiger partial charge in [0.1, 0.15) is 5.82 Å². The van der Waals surface area contributed by atoms with Crippen molar-refractivity contribution < 1.29 is 19.1 Å². The van der Waals surface area contributed by atoms with E-state index in [1.807, 2.05) is 0 Å². The summed E-state index contributed by atoms with van der Waals surface area (Å²) in [6.07, 6.45) is 2.85. The quantitative estimate of drug-likeness (QED) is 0.849. The molecule has 22 heavy (non-hydrogen) atoms. The van der Waals surface area contributed by atoms with Gasteiger partial charge in [-0.2, -0.15) is 0 Å². The maximum Gasteiger partial charge on any atom is 0.335 e. The molecule has 0 aliphatic carbocycles. The Hall–Kier alpha value is -2.95. The molecule has 0 unspecified atom stereocenters. The van der Waals surface area contributed by atoms with Gasteiger partial charge in [-0.3, -0.25) is 4.79 Å². The summed E-state index contributed by atoms with van der Waals surface area (Å²) in [7, 11) is 0. The Labute approximate surface area is 126 Å². The molecule has 1 amide bonds. The van der Waals surface area contributed by atoms with Gasteiger partial charge in [0.25, 0.3) is 0 Å². The Bertz CT molecular complexity index is 736. The van der Waals surface area contributed by atoms with Gasteiger partial charge in [-0.1, -0.05) is 18.2 Å². The van der Waals surface area contributed by atoms with E-state index in [1.54, 1.807) is 31.2 Å². The van der Waals surface area contributed by atoms with E-state index in [2.05, 4.69) is 5.32 Å². The minimum Gasteiger partial charge on any atom is -0.478 e. The van der Waals surface area contributed by atoms with Crippen LogP contribution in [0, 0.1) is 12.7 Å². The van der Waals surface area contributed by atoms with Gasteiger partial charge >= 0.3 is 5.97 Å². The van der Waals surface area contributed by atoms with Gasteiger partial charge in [-0.15, -0.1) is 0 Å². The van der Waals surface area contributed by atoms with Crippen LogP contribution in [0.2, 0.25) is 0 Å². The molecule has 5 heteroatoms. The third kappa shape index (κ3) is 4.02. The largest absolute Gasteiger partial charge is 0.478 e. The first-order valence-electron chi connectivity index (χ1n) is 6.54. The standard InChI is InChI=1S/C17H14FNO3/c1-11-2-6-13(17(21)22)10-15(11)19-16(20)9-5-12-3-7-14(18)8-4-12/h2-10H,1H3,(H,19,20)(H,21,22)/b9-5+. The molecule has 2 aromatic carbocycles. The minimum absolute atomic E-state index is 0.100. The molecule has 0 radical (unpaired) electrons. The van der Waals surface area contributed by atoms with E-state index < -0.39 is 11.9 Å². The number of aryl methyl sites for hydroxylation is 1. The highest BCUT2D eigenvalue weighted by atomic mass is 19.1. The number of carboxylic acids is 1. The van der Waals surface area contributed by atoms with E-state index in [0.29, 0.717) is 11.3 Å². The van der Waals surface area contributed by atoms with Crippen molar-refractivity contribution in [3.63, 3.8) is 0 Å². The van der Waals surface area contributed by atoms with Crippen molar-refractivity contribution in [3.05, 3.63) is 71.0 Å². The van der Waals surface area contributed by atoms with Crippen LogP contribution in [0.5, 0.6) is 0 Å². The summed E-state index contributed by atoms with van der Waals surface area (Å²) < 4.78 is 12.8. The number of nitrogens with one attached hydrogen (secondary N) is 1. The number of benzene rings is 2. The van der Waals surface area contributed by atoms with Crippen LogP contribution in [0.15, 0.2) is 48.5 Å². The molecular weight excluding hydrogens is 285 g/mol. The highest BCUT2D eigenvalue weighted by Gasteiger charge is 2.07. The molecule has 2 aromatic rings. The van der Waals surface area contributed by atoms with Gasteiger partial charge < -0.3 is 10.4 Å². The lowest BCUT2D eigenvalue weighted by molar-refractivity contribution is -0.111. The van der Waals surface area contributed by atoms with Crippen LogP contribution >= 0.6 is 0 Å². The highest BCUT2D eigenvalue weighted by Crippen LogP contribution is 2.17. The van der Waals surface area contributed by atoms with Crippen molar-refractivity contribution in [1.29, 1.82) is 0 Å². The summed E-state index contributed by atoms with van der Waals surface area (Å²) in [4.78, 5) is 22.8. The highest BCUT2D eigenvalue weighted by molar-refractivity contribution is 6.03. The smallest absolute Gasteiger partial charge is 0.335 e. The minimum atomic E-state index is -1.06. The van der Waals surface area contributed by atoms with Gasteiger partial charge in [0.05, 0.1) is 5.56 Å². The third-order valence-corrected chi connectivity index (χ3v) is 3.04. The zero-order chi connectivity index (χ0) is 16.1. The molecule has 0 spiro atoms. The topological polar surface area (TPSA) is 66.4 Å². The molecule has 2 N–H and O–H groups in total. The van der Waals surface area contributed by atoms with Crippen molar-refractivity contribution in [2.45, 2.75) is 6.92 Å². The maximum absolute atomic E-state index is 12.8. The lowest BCUT2D eigenvalue weighted by Crippen LogP contribution is -2.10. The number of aromatic carboxylic acids is 1. The van der Waals surface area contributed by atoms with Gasteiger partial charge in [0.2, 0.25) is 5.91 Å². The summed E-state index contributed by atoms with van der Waals surface area (Å²) in [6.45, 7) is 1.77. The van der Waals surface area contributed by atoms with Crippen LogP contribution in [-0.2, 0) is 4.79 Å². The second kappa shape index (κ2) is 6.67. The predicted octanol–water partition coefficient (Wildman–Crippen LogP) is 3.48. The monoisotopic (exact) mass is 299 g/mol. The Morgan fingerprint density at radius 1 is 1.14 bits per heavy atom. The lowest BCUT2D eigenvalue weighted by atomic mass is 10.1. The average Bonchev–Trinajstić information content (AvgIpc) is 2.48. The van der Waals surface area contributed by atoms with E-state index in [4.69, 9.17) is 5.11 Å². The van der Waals surface area contributed by atoms with Gasteiger partial charge in [0, 0.05) is 11.8 Å². The van der Waals surface area contributed by atoms with Crippen LogP contribution in [0.3, 0.4) is 0 Å². The normalized spacial score (nSPS) is 10.6. The van der Waals surface area contributed by atoms with Crippen molar-refractivity contribution in [2.24, 2.45) is 0 Å². The molecule has 2 rings (SSSR count). The van der Waals surface area contributed by atoms with Crippen molar-refractivity contribution in [1.82, 2.24) is 0 Å². The summed E-state index contributed by atoms with van der Waals surface area (Å²) in [6, 6.07) is 10.2. The molecule has 0 saturated heterocycles. The van der Waals surface area contributed by atoms with Crippen molar-refractivity contribution in [2.75, 3.05) is 5.32 Å². The first-order chi connectivity index (χ1) is 10.5.